The lowest BCUT2D eigenvalue weighted by Crippen LogP contribution is -2.32. The number of benzene rings is 2. The Bertz CT molecular complexity index is 1040. The Hall–Kier alpha value is -3.39. The third-order valence-electron chi connectivity index (χ3n) is 6.01. The Morgan fingerprint density at radius 1 is 1.32 bits per heavy atom. The van der Waals surface area contributed by atoms with Crippen molar-refractivity contribution in [3.8, 4) is 5.75 Å². The first-order valence-electron chi connectivity index (χ1n) is 10.3. The number of phenolic OH excluding ortho intramolecular Hbond substituents is 1. The highest BCUT2D eigenvalue weighted by atomic mass is 16.6. The average molecular weight is 423 g/mol. The molecule has 1 aliphatic heterocycles. The number of nitro groups is 1. The molecule has 162 valence electrons. The molecule has 1 heterocycles. The minimum atomic E-state index is -0.469. The number of hydrogen-bond acceptors (Lipinski definition) is 6. The number of hydrogen-bond donors (Lipinski definition) is 3. The highest BCUT2D eigenvalue weighted by Gasteiger charge is 2.40. The molecular weight excluding hydrogens is 398 g/mol. The lowest BCUT2D eigenvalue weighted by molar-refractivity contribution is -0.385. The number of phenols is 1. The van der Waals surface area contributed by atoms with Gasteiger partial charge < -0.3 is 20.5 Å². The van der Waals surface area contributed by atoms with Gasteiger partial charge in [-0.25, -0.2) is 0 Å². The number of fused-ring (bicyclic) bond motifs is 3. The molecule has 1 amide bonds. The lowest BCUT2D eigenvalue weighted by Gasteiger charge is -2.38. The molecule has 1 aliphatic carbocycles. The van der Waals surface area contributed by atoms with Crippen molar-refractivity contribution in [1.29, 1.82) is 0 Å². The summed E-state index contributed by atoms with van der Waals surface area (Å²) >= 11 is 0. The second kappa shape index (κ2) is 8.77. The summed E-state index contributed by atoms with van der Waals surface area (Å²) in [6, 6.07) is 9.34. The summed E-state index contributed by atoms with van der Waals surface area (Å²) in [5, 5.41) is 28.2. The fraction of sp³-hybridized carbons (Fsp3) is 0.348. The van der Waals surface area contributed by atoms with Gasteiger partial charge in [-0.1, -0.05) is 24.3 Å². The molecule has 3 N–H and O–H groups in total. The number of carbonyl (C=O) groups is 1. The Labute approximate surface area is 180 Å². The average Bonchev–Trinajstić information content (AvgIpc) is 3.26. The SMILES string of the molecule is COCCCNC(=O)c1cccc2c1NC(c1cc([N+](=O)[O-])ccc1O)C1CC=CC21. The molecule has 3 unspecified atom stereocenters. The second-order valence-electron chi connectivity index (χ2n) is 7.85. The largest absolute Gasteiger partial charge is 0.508 e. The van der Waals surface area contributed by atoms with Crippen LogP contribution in [0, 0.1) is 16.0 Å². The molecule has 31 heavy (non-hydrogen) atoms. The van der Waals surface area contributed by atoms with Gasteiger partial charge in [-0.05, 0) is 36.5 Å². The number of nitro benzene ring substituents is 1. The summed E-state index contributed by atoms with van der Waals surface area (Å²) < 4.78 is 5.03. The van der Waals surface area contributed by atoms with E-state index in [1.807, 2.05) is 12.1 Å². The number of aromatic hydroxyl groups is 1. The molecule has 0 saturated heterocycles. The second-order valence-corrected chi connectivity index (χ2v) is 7.85. The van der Waals surface area contributed by atoms with Crippen molar-refractivity contribution in [2.75, 3.05) is 25.6 Å². The van der Waals surface area contributed by atoms with Gasteiger partial charge in [0, 0.05) is 43.9 Å². The monoisotopic (exact) mass is 423 g/mol. The molecular formula is C23H25N3O5. The van der Waals surface area contributed by atoms with Gasteiger partial charge in [0.2, 0.25) is 0 Å². The molecule has 0 spiro atoms. The number of allylic oxidation sites excluding steroid dienone is 2. The fourth-order valence-corrected chi connectivity index (χ4v) is 4.54. The standard InChI is InChI=1S/C23H25N3O5/c1-31-12-4-11-24-23(28)18-8-3-7-16-15-5-2-6-17(15)22(25-21(16)18)19-13-14(26(29)30)9-10-20(19)27/h2-3,5,7-10,13,15,17,22,25,27H,4,6,11-12H2,1H3,(H,24,28). The third kappa shape index (κ3) is 3.98. The van der Waals surface area contributed by atoms with Crippen molar-refractivity contribution in [3.05, 3.63) is 75.4 Å². The van der Waals surface area contributed by atoms with Crippen LogP contribution in [-0.2, 0) is 4.74 Å². The number of para-hydroxylation sites is 1. The first-order chi connectivity index (χ1) is 15.0. The van der Waals surface area contributed by atoms with E-state index >= 15 is 0 Å². The van der Waals surface area contributed by atoms with E-state index in [1.54, 1.807) is 13.2 Å². The van der Waals surface area contributed by atoms with Gasteiger partial charge in [0.1, 0.15) is 5.75 Å². The quantitative estimate of drug-likeness (QED) is 0.269. The van der Waals surface area contributed by atoms with Crippen LogP contribution in [0.15, 0.2) is 48.6 Å². The van der Waals surface area contributed by atoms with E-state index in [2.05, 4.69) is 22.8 Å². The number of rotatable bonds is 7. The van der Waals surface area contributed by atoms with Crippen LogP contribution in [0.5, 0.6) is 5.75 Å². The predicted molar refractivity (Wildman–Crippen MR) is 116 cm³/mol. The number of non-ortho nitro benzene ring substituents is 1. The number of carbonyl (C=O) groups excluding carboxylic acids is 1. The predicted octanol–water partition coefficient (Wildman–Crippen LogP) is 3.89. The van der Waals surface area contributed by atoms with Gasteiger partial charge in [0.25, 0.3) is 11.6 Å². The Kier molecular flexibility index (Phi) is 5.90. The molecule has 0 bridgehead atoms. The highest BCUT2D eigenvalue weighted by Crippen LogP contribution is 2.52. The summed E-state index contributed by atoms with van der Waals surface area (Å²) in [6.07, 6.45) is 5.69. The fourth-order valence-electron chi connectivity index (χ4n) is 4.54. The number of ether oxygens (including phenoxy) is 1. The van der Waals surface area contributed by atoms with Gasteiger partial charge in [0.15, 0.2) is 0 Å². The zero-order chi connectivity index (χ0) is 22.0. The number of anilines is 1. The molecule has 0 fully saturated rings. The molecule has 2 aromatic rings. The van der Waals surface area contributed by atoms with Crippen LogP contribution in [0.25, 0.3) is 0 Å². The number of amides is 1. The van der Waals surface area contributed by atoms with Crippen LogP contribution in [-0.4, -0.2) is 36.2 Å². The summed E-state index contributed by atoms with van der Waals surface area (Å²) in [5.41, 5.74) is 2.63. The zero-order valence-electron chi connectivity index (χ0n) is 17.2. The van der Waals surface area contributed by atoms with Crippen molar-refractivity contribution in [2.45, 2.75) is 24.8 Å². The minimum Gasteiger partial charge on any atom is -0.508 e. The Morgan fingerprint density at radius 2 is 2.16 bits per heavy atom. The summed E-state index contributed by atoms with van der Waals surface area (Å²) in [5.74, 6) is -0.0526. The van der Waals surface area contributed by atoms with Crippen molar-refractivity contribution >= 4 is 17.3 Å². The first kappa shape index (κ1) is 20.9. The van der Waals surface area contributed by atoms with E-state index in [-0.39, 0.29) is 35.2 Å². The maximum Gasteiger partial charge on any atom is 0.270 e. The van der Waals surface area contributed by atoms with Crippen molar-refractivity contribution in [1.82, 2.24) is 5.32 Å². The molecule has 2 aliphatic rings. The van der Waals surface area contributed by atoms with Crippen LogP contribution in [0.4, 0.5) is 11.4 Å². The zero-order valence-corrected chi connectivity index (χ0v) is 17.2. The lowest BCUT2D eigenvalue weighted by atomic mass is 9.76. The maximum absolute atomic E-state index is 12.9. The van der Waals surface area contributed by atoms with E-state index < -0.39 is 4.92 Å². The van der Waals surface area contributed by atoms with Crippen LogP contribution in [0.1, 0.15) is 46.3 Å². The van der Waals surface area contributed by atoms with E-state index in [4.69, 9.17) is 4.74 Å². The van der Waals surface area contributed by atoms with Gasteiger partial charge in [-0.2, -0.15) is 0 Å². The summed E-state index contributed by atoms with van der Waals surface area (Å²) in [4.78, 5) is 23.7. The van der Waals surface area contributed by atoms with Crippen molar-refractivity contribution in [3.63, 3.8) is 0 Å². The maximum atomic E-state index is 12.9. The topological polar surface area (TPSA) is 114 Å². The normalized spacial score (nSPS) is 21.1. The van der Waals surface area contributed by atoms with Crippen LogP contribution in [0.3, 0.4) is 0 Å². The van der Waals surface area contributed by atoms with Crippen LogP contribution < -0.4 is 10.6 Å². The van der Waals surface area contributed by atoms with Crippen LogP contribution >= 0.6 is 0 Å². The number of nitrogens with one attached hydrogen (secondary N) is 2. The van der Waals surface area contributed by atoms with Gasteiger partial charge >= 0.3 is 0 Å². The van der Waals surface area contributed by atoms with Crippen molar-refractivity contribution in [2.24, 2.45) is 5.92 Å². The molecule has 2 aromatic carbocycles. The molecule has 8 nitrogen and oxygen atoms in total. The minimum absolute atomic E-state index is 0.00121. The van der Waals surface area contributed by atoms with E-state index in [1.165, 1.54) is 18.2 Å². The van der Waals surface area contributed by atoms with E-state index in [0.29, 0.717) is 36.4 Å². The van der Waals surface area contributed by atoms with Crippen LogP contribution in [0.2, 0.25) is 0 Å². The third-order valence-corrected chi connectivity index (χ3v) is 6.01. The highest BCUT2D eigenvalue weighted by molar-refractivity contribution is 6.00. The van der Waals surface area contributed by atoms with Gasteiger partial charge in [0.05, 0.1) is 22.2 Å². The van der Waals surface area contributed by atoms with Gasteiger partial charge in [-0.3, -0.25) is 14.9 Å². The molecule has 0 radical (unpaired) electrons. The van der Waals surface area contributed by atoms with E-state index in [0.717, 1.165) is 12.0 Å². The van der Waals surface area contributed by atoms with Gasteiger partial charge in [-0.15, -0.1) is 0 Å². The molecule has 8 heteroatoms. The molecule has 0 saturated carbocycles. The summed E-state index contributed by atoms with van der Waals surface area (Å²) in [7, 11) is 1.62. The smallest absolute Gasteiger partial charge is 0.270 e. The van der Waals surface area contributed by atoms with Crippen molar-refractivity contribution < 1.29 is 19.6 Å². The number of nitrogens with zero attached hydrogens (tertiary/aromatic N) is 1. The number of methoxy groups -OCH3 is 1. The summed E-state index contributed by atoms with van der Waals surface area (Å²) in [6.45, 7) is 1.06. The Balaban J connectivity index is 1.70. The first-order valence-corrected chi connectivity index (χ1v) is 10.3. The Morgan fingerprint density at radius 3 is 2.94 bits per heavy atom. The molecule has 4 rings (SSSR count). The molecule has 3 atom stereocenters. The van der Waals surface area contributed by atoms with E-state index in [9.17, 15) is 20.0 Å². The molecule has 0 aromatic heterocycles.